The molecule has 4 heteroatoms. The number of nitrogens with one attached hydrogen (secondary N) is 1. The smallest absolute Gasteiger partial charge is 0.188 e. The molecule has 15 heavy (non-hydrogen) atoms. The van der Waals surface area contributed by atoms with Gasteiger partial charge in [-0.05, 0) is 26.2 Å². The third-order valence-corrected chi connectivity index (χ3v) is 2.64. The average Bonchev–Trinajstić information content (AvgIpc) is 2.70. The van der Waals surface area contributed by atoms with Crippen molar-refractivity contribution in [3.8, 4) is 0 Å². The van der Waals surface area contributed by atoms with Crippen LogP contribution in [0.3, 0.4) is 0 Å². The molecule has 0 amide bonds. The lowest BCUT2D eigenvalue weighted by molar-refractivity contribution is 0.146. The van der Waals surface area contributed by atoms with Crippen molar-refractivity contribution in [3.05, 3.63) is 0 Å². The van der Waals surface area contributed by atoms with Crippen LogP contribution in [0, 0.1) is 0 Å². The maximum absolute atomic E-state index is 5.77. The van der Waals surface area contributed by atoms with E-state index in [-0.39, 0.29) is 0 Å². The topological polar surface area (TPSA) is 59.6 Å². The van der Waals surface area contributed by atoms with E-state index in [1.165, 1.54) is 25.7 Å². The number of rotatable bonds is 6. The molecule has 1 fully saturated rings. The molecule has 0 atom stereocenters. The lowest BCUT2D eigenvalue weighted by atomic mass is 10.2. The van der Waals surface area contributed by atoms with Gasteiger partial charge in [0.15, 0.2) is 5.96 Å². The first-order chi connectivity index (χ1) is 7.33. The molecule has 1 aliphatic rings. The number of guanidine groups is 1. The Balaban J connectivity index is 2.04. The van der Waals surface area contributed by atoms with Crippen molar-refractivity contribution in [2.45, 2.75) is 45.1 Å². The van der Waals surface area contributed by atoms with Gasteiger partial charge in [0.1, 0.15) is 0 Å². The minimum atomic E-state index is 0.556. The minimum absolute atomic E-state index is 0.556. The molecular formula is C11H23N3O. The summed E-state index contributed by atoms with van der Waals surface area (Å²) in [4.78, 5) is 4.26. The highest BCUT2D eigenvalue weighted by Crippen LogP contribution is 2.17. The summed E-state index contributed by atoms with van der Waals surface area (Å²) in [6, 6.07) is 0.556. The van der Waals surface area contributed by atoms with Crippen LogP contribution in [0.4, 0.5) is 0 Å². The standard InChI is InChI=1S/C11H23N3O/c1-2-15-9-5-8-13-11(12)14-10-6-3-4-7-10/h10H,2-9H2,1H3,(H3,12,13,14). The van der Waals surface area contributed by atoms with Crippen molar-refractivity contribution in [1.82, 2.24) is 5.32 Å². The highest BCUT2D eigenvalue weighted by molar-refractivity contribution is 5.78. The maximum atomic E-state index is 5.77. The normalized spacial score (nSPS) is 18.3. The van der Waals surface area contributed by atoms with Crippen molar-refractivity contribution in [2.75, 3.05) is 19.8 Å². The molecule has 1 saturated carbocycles. The lowest BCUT2D eigenvalue weighted by Gasteiger charge is -2.12. The van der Waals surface area contributed by atoms with Gasteiger partial charge < -0.3 is 15.8 Å². The molecule has 0 bridgehead atoms. The van der Waals surface area contributed by atoms with E-state index in [1.807, 2.05) is 6.92 Å². The lowest BCUT2D eigenvalue weighted by Crippen LogP contribution is -2.38. The molecular weight excluding hydrogens is 190 g/mol. The molecule has 88 valence electrons. The van der Waals surface area contributed by atoms with Gasteiger partial charge in [-0.1, -0.05) is 12.8 Å². The molecule has 0 radical (unpaired) electrons. The zero-order valence-electron chi connectivity index (χ0n) is 9.67. The molecule has 0 aliphatic heterocycles. The molecule has 0 saturated heterocycles. The Bertz CT molecular complexity index is 188. The Labute approximate surface area is 92.3 Å². The van der Waals surface area contributed by atoms with Crippen molar-refractivity contribution < 1.29 is 4.74 Å². The molecule has 0 aromatic carbocycles. The van der Waals surface area contributed by atoms with Gasteiger partial charge in [-0.2, -0.15) is 0 Å². The molecule has 0 aromatic rings. The quantitative estimate of drug-likeness (QED) is 0.397. The Hall–Kier alpha value is -0.770. The Morgan fingerprint density at radius 2 is 2.20 bits per heavy atom. The van der Waals surface area contributed by atoms with E-state index in [0.717, 1.165) is 26.2 Å². The van der Waals surface area contributed by atoms with E-state index < -0.39 is 0 Å². The first-order valence-corrected chi connectivity index (χ1v) is 5.97. The SMILES string of the molecule is CCOCCCN=C(N)NC1CCCC1. The van der Waals surface area contributed by atoms with Crippen LogP contribution in [-0.2, 0) is 4.74 Å². The van der Waals surface area contributed by atoms with Gasteiger partial charge in [0.2, 0.25) is 0 Å². The maximum Gasteiger partial charge on any atom is 0.188 e. The van der Waals surface area contributed by atoms with Crippen LogP contribution in [0.1, 0.15) is 39.0 Å². The van der Waals surface area contributed by atoms with E-state index in [2.05, 4.69) is 10.3 Å². The Morgan fingerprint density at radius 3 is 2.87 bits per heavy atom. The summed E-state index contributed by atoms with van der Waals surface area (Å²) < 4.78 is 5.22. The van der Waals surface area contributed by atoms with Gasteiger partial charge in [0, 0.05) is 25.8 Å². The van der Waals surface area contributed by atoms with Crippen molar-refractivity contribution in [3.63, 3.8) is 0 Å². The fourth-order valence-electron chi connectivity index (χ4n) is 1.84. The Morgan fingerprint density at radius 1 is 1.47 bits per heavy atom. The summed E-state index contributed by atoms with van der Waals surface area (Å²) in [7, 11) is 0. The van der Waals surface area contributed by atoms with E-state index in [0.29, 0.717) is 12.0 Å². The van der Waals surface area contributed by atoms with E-state index in [4.69, 9.17) is 10.5 Å². The second kappa shape index (κ2) is 7.51. The summed E-state index contributed by atoms with van der Waals surface area (Å²) in [6.45, 7) is 4.31. The molecule has 1 rings (SSSR count). The van der Waals surface area contributed by atoms with Gasteiger partial charge in [-0.15, -0.1) is 0 Å². The third-order valence-electron chi connectivity index (χ3n) is 2.64. The molecule has 1 aliphatic carbocycles. The second-order valence-electron chi connectivity index (χ2n) is 3.94. The fraction of sp³-hybridized carbons (Fsp3) is 0.909. The van der Waals surface area contributed by atoms with Crippen LogP contribution < -0.4 is 11.1 Å². The molecule has 0 aromatic heterocycles. The van der Waals surface area contributed by atoms with Crippen LogP contribution in [-0.4, -0.2) is 31.8 Å². The fourth-order valence-corrected chi connectivity index (χ4v) is 1.84. The van der Waals surface area contributed by atoms with Crippen LogP contribution >= 0.6 is 0 Å². The van der Waals surface area contributed by atoms with Gasteiger partial charge in [-0.3, -0.25) is 4.99 Å². The van der Waals surface area contributed by atoms with Gasteiger partial charge in [0.05, 0.1) is 0 Å². The van der Waals surface area contributed by atoms with Crippen molar-refractivity contribution in [1.29, 1.82) is 0 Å². The summed E-state index contributed by atoms with van der Waals surface area (Å²) in [5, 5.41) is 3.26. The van der Waals surface area contributed by atoms with Crippen LogP contribution in [0.15, 0.2) is 4.99 Å². The third kappa shape index (κ3) is 5.62. The summed E-state index contributed by atoms with van der Waals surface area (Å²) >= 11 is 0. The average molecular weight is 213 g/mol. The summed E-state index contributed by atoms with van der Waals surface area (Å²) in [5.41, 5.74) is 5.77. The number of hydrogen-bond acceptors (Lipinski definition) is 2. The first-order valence-electron chi connectivity index (χ1n) is 5.97. The number of hydrogen-bond donors (Lipinski definition) is 2. The van der Waals surface area contributed by atoms with Crippen LogP contribution in [0.25, 0.3) is 0 Å². The molecule has 0 spiro atoms. The van der Waals surface area contributed by atoms with Crippen molar-refractivity contribution >= 4 is 5.96 Å². The van der Waals surface area contributed by atoms with Gasteiger partial charge in [-0.25, -0.2) is 0 Å². The summed E-state index contributed by atoms with van der Waals surface area (Å²) in [5.74, 6) is 0.596. The minimum Gasteiger partial charge on any atom is -0.382 e. The highest BCUT2D eigenvalue weighted by Gasteiger charge is 2.14. The number of nitrogens with zero attached hydrogens (tertiary/aromatic N) is 1. The highest BCUT2D eigenvalue weighted by atomic mass is 16.5. The summed E-state index contributed by atoms with van der Waals surface area (Å²) in [6.07, 6.45) is 6.04. The van der Waals surface area contributed by atoms with E-state index in [1.54, 1.807) is 0 Å². The number of ether oxygens (including phenoxy) is 1. The van der Waals surface area contributed by atoms with Crippen LogP contribution in [0.2, 0.25) is 0 Å². The first kappa shape index (κ1) is 12.3. The zero-order chi connectivity index (χ0) is 10.9. The van der Waals surface area contributed by atoms with Gasteiger partial charge in [0.25, 0.3) is 0 Å². The second-order valence-corrected chi connectivity index (χ2v) is 3.94. The largest absolute Gasteiger partial charge is 0.382 e. The number of nitrogens with two attached hydrogens (primary N) is 1. The van der Waals surface area contributed by atoms with E-state index in [9.17, 15) is 0 Å². The molecule has 0 heterocycles. The van der Waals surface area contributed by atoms with Crippen LogP contribution in [0.5, 0.6) is 0 Å². The zero-order valence-corrected chi connectivity index (χ0v) is 9.67. The van der Waals surface area contributed by atoms with E-state index >= 15 is 0 Å². The Kier molecular flexibility index (Phi) is 6.16. The van der Waals surface area contributed by atoms with Crippen molar-refractivity contribution in [2.24, 2.45) is 10.7 Å². The molecule has 0 unspecified atom stereocenters. The monoisotopic (exact) mass is 213 g/mol. The predicted molar refractivity (Wildman–Crippen MR) is 63.0 cm³/mol. The number of aliphatic imine (C=N–C) groups is 1. The molecule has 4 nitrogen and oxygen atoms in total. The van der Waals surface area contributed by atoms with Gasteiger partial charge >= 0.3 is 0 Å². The predicted octanol–water partition coefficient (Wildman–Crippen LogP) is 1.26. The molecule has 3 N–H and O–H groups in total.